The van der Waals surface area contributed by atoms with E-state index in [9.17, 15) is 22.8 Å². The van der Waals surface area contributed by atoms with Crippen molar-refractivity contribution in [1.82, 2.24) is 9.88 Å². The molecule has 1 saturated carbocycles. The molecule has 1 aromatic rings. The van der Waals surface area contributed by atoms with Gasteiger partial charge in [0, 0.05) is 6.54 Å². The van der Waals surface area contributed by atoms with E-state index in [-0.39, 0.29) is 17.7 Å². The van der Waals surface area contributed by atoms with Crippen molar-refractivity contribution in [3.8, 4) is 0 Å². The summed E-state index contributed by atoms with van der Waals surface area (Å²) in [7, 11) is 0. The van der Waals surface area contributed by atoms with Crippen LogP contribution in [0.1, 0.15) is 41.7 Å². The summed E-state index contributed by atoms with van der Waals surface area (Å²) in [4.78, 5) is 27.8. The summed E-state index contributed by atoms with van der Waals surface area (Å²) in [6.45, 7) is 0.728. The molecule has 1 aliphatic carbocycles. The first-order valence-electron chi connectivity index (χ1n) is 7.61. The van der Waals surface area contributed by atoms with Crippen LogP contribution in [-0.2, 0) is 10.9 Å². The molecule has 2 heterocycles. The first-order valence-corrected chi connectivity index (χ1v) is 7.61. The van der Waals surface area contributed by atoms with E-state index in [1.54, 1.807) is 9.88 Å². The molecule has 0 spiro atoms. The van der Waals surface area contributed by atoms with Crippen LogP contribution < -0.4 is 5.56 Å². The number of carbonyl (C=O) groups excluding carboxylic acids is 1. The number of hydrogen-bond donors (Lipinski definition) is 1. The van der Waals surface area contributed by atoms with Crippen molar-refractivity contribution in [2.45, 2.75) is 44.0 Å². The molecule has 3 rings (SSSR count). The average Bonchev–Trinajstić information content (AvgIpc) is 2.53. The second-order valence-electron chi connectivity index (χ2n) is 5.87. The number of ether oxygens (including phenoxy) is 1. The third-order valence-electron chi connectivity index (χ3n) is 4.44. The molecule has 0 aromatic carbocycles. The van der Waals surface area contributed by atoms with Gasteiger partial charge in [-0.2, -0.15) is 13.2 Å². The van der Waals surface area contributed by atoms with E-state index < -0.39 is 23.3 Å². The van der Waals surface area contributed by atoms with Gasteiger partial charge in [0.1, 0.15) is 11.3 Å². The first-order chi connectivity index (χ1) is 10.9. The Balaban J connectivity index is 1.86. The summed E-state index contributed by atoms with van der Waals surface area (Å²) >= 11 is 0. The molecule has 8 heteroatoms. The van der Waals surface area contributed by atoms with Crippen molar-refractivity contribution in [3.05, 3.63) is 33.7 Å². The van der Waals surface area contributed by atoms with Gasteiger partial charge >= 0.3 is 6.18 Å². The van der Waals surface area contributed by atoms with Crippen molar-refractivity contribution in [2.24, 2.45) is 0 Å². The van der Waals surface area contributed by atoms with E-state index >= 15 is 0 Å². The third-order valence-corrected chi connectivity index (χ3v) is 4.44. The maximum Gasteiger partial charge on any atom is 0.431 e. The minimum Gasteiger partial charge on any atom is -0.374 e. The summed E-state index contributed by atoms with van der Waals surface area (Å²) in [5.41, 5.74) is -2.43. The van der Waals surface area contributed by atoms with Crippen LogP contribution in [0.3, 0.4) is 0 Å². The summed E-state index contributed by atoms with van der Waals surface area (Å²) in [5.74, 6) is -0.528. The largest absolute Gasteiger partial charge is 0.431 e. The number of aromatic nitrogens is 1. The van der Waals surface area contributed by atoms with E-state index in [0.717, 1.165) is 37.8 Å². The predicted octanol–water partition coefficient (Wildman–Crippen LogP) is 2.18. The normalized spacial score (nSPS) is 25.1. The Bertz CT molecular complexity index is 654. The number of pyridine rings is 1. The zero-order chi connectivity index (χ0) is 16.6. The van der Waals surface area contributed by atoms with Gasteiger partial charge in [0.05, 0.1) is 18.8 Å². The molecule has 2 fully saturated rings. The van der Waals surface area contributed by atoms with Crippen molar-refractivity contribution in [1.29, 1.82) is 0 Å². The molecule has 1 aromatic heterocycles. The minimum absolute atomic E-state index is 0.0463. The number of amides is 1. The van der Waals surface area contributed by atoms with E-state index in [4.69, 9.17) is 4.74 Å². The summed E-state index contributed by atoms with van der Waals surface area (Å²) in [5, 5.41) is 0. The second kappa shape index (κ2) is 5.99. The Labute approximate surface area is 130 Å². The fraction of sp³-hybridized carbons (Fsp3) is 0.600. The molecule has 1 aliphatic heterocycles. The number of H-pyrrole nitrogens is 1. The van der Waals surface area contributed by atoms with Crippen molar-refractivity contribution < 1.29 is 22.7 Å². The highest BCUT2D eigenvalue weighted by molar-refractivity contribution is 5.94. The Morgan fingerprint density at radius 3 is 2.70 bits per heavy atom. The molecule has 2 aliphatic rings. The van der Waals surface area contributed by atoms with Gasteiger partial charge in [-0.3, -0.25) is 9.59 Å². The van der Waals surface area contributed by atoms with E-state index in [1.165, 1.54) is 0 Å². The number of fused-ring (bicyclic) bond motifs is 1. The zero-order valence-electron chi connectivity index (χ0n) is 12.4. The number of nitrogens with one attached hydrogen (secondary N) is 1. The van der Waals surface area contributed by atoms with Gasteiger partial charge in [0.2, 0.25) is 0 Å². The number of alkyl halides is 3. The highest BCUT2D eigenvalue weighted by Crippen LogP contribution is 2.30. The topological polar surface area (TPSA) is 62.4 Å². The van der Waals surface area contributed by atoms with Gasteiger partial charge < -0.3 is 14.6 Å². The minimum atomic E-state index is -4.64. The van der Waals surface area contributed by atoms with Crippen LogP contribution in [0, 0.1) is 0 Å². The molecule has 0 unspecified atom stereocenters. The van der Waals surface area contributed by atoms with E-state index in [0.29, 0.717) is 13.2 Å². The van der Waals surface area contributed by atoms with Crippen LogP contribution in [-0.4, -0.2) is 41.1 Å². The number of morpholine rings is 1. The monoisotopic (exact) mass is 330 g/mol. The van der Waals surface area contributed by atoms with Gasteiger partial charge in [-0.15, -0.1) is 0 Å². The predicted molar refractivity (Wildman–Crippen MR) is 75.1 cm³/mol. The molecule has 0 radical (unpaired) electrons. The highest BCUT2D eigenvalue weighted by atomic mass is 19.4. The smallest absolute Gasteiger partial charge is 0.374 e. The summed E-state index contributed by atoms with van der Waals surface area (Å²) in [6, 6.07) is 1.58. The molecule has 1 saturated heterocycles. The van der Waals surface area contributed by atoms with Crippen LogP contribution in [0.4, 0.5) is 13.2 Å². The molecular weight excluding hydrogens is 313 g/mol. The second-order valence-corrected chi connectivity index (χ2v) is 5.87. The lowest BCUT2D eigenvalue weighted by atomic mass is 9.90. The Kier molecular flexibility index (Phi) is 4.18. The SMILES string of the molecule is O=C(c1ccc(C(F)(F)F)[nH]c1=O)N1CCO[C@@H]2CCCC[C@H]21. The zero-order valence-corrected chi connectivity index (χ0v) is 12.4. The standard InChI is InChI=1S/C15H17F3N2O3/c16-15(17,18)12-6-5-9(13(21)19-12)14(22)20-7-8-23-11-4-2-1-3-10(11)20/h5-6,10-11H,1-4,7-8H2,(H,19,21)/t10-,11-/m1/s1. The number of hydrogen-bond acceptors (Lipinski definition) is 3. The van der Waals surface area contributed by atoms with Gasteiger partial charge in [0.25, 0.3) is 11.5 Å². The van der Waals surface area contributed by atoms with E-state index in [1.807, 2.05) is 0 Å². The van der Waals surface area contributed by atoms with Gasteiger partial charge in [-0.25, -0.2) is 0 Å². The number of carbonyl (C=O) groups is 1. The Hall–Kier alpha value is -1.83. The molecule has 126 valence electrons. The Morgan fingerprint density at radius 2 is 2.00 bits per heavy atom. The van der Waals surface area contributed by atoms with E-state index in [2.05, 4.69) is 0 Å². The lowest BCUT2D eigenvalue weighted by molar-refractivity contribution is -0.141. The lowest BCUT2D eigenvalue weighted by Gasteiger charge is -2.43. The fourth-order valence-corrected chi connectivity index (χ4v) is 3.31. The van der Waals surface area contributed by atoms with Crippen molar-refractivity contribution in [3.63, 3.8) is 0 Å². The molecule has 1 amide bonds. The van der Waals surface area contributed by atoms with Gasteiger partial charge in [-0.05, 0) is 25.0 Å². The number of nitrogens with zero attached hydrogens (tertiary/aromatic N) is 1. The fourth-order valence-electron chi connectivity index (χ4n) is 3.31. The van der Waals surface area contributed by atoms with Crippen molar-refractivity contribution in [2.75, 3.05) is 13.2 Å². The third kappa shape index (κ3) is 3.12. The van der Waals surface area contributed by atoms with Crippen LogP contribution in [0.5, 0.6) is 0 Å². The molecular formula is C15H17F3N2O3. The number of rotatable bonds is 1. The molecule has 2 atom stereocenters. The van der Waals surface area contributed by atoms with Crippen LogP contribution in [0.25, 0.3) is 0 Å². The molecule has 5 nitrogen and oxygen atoms in total. The van der Waals surface area contributed by atoms with Gasteiger partial charge in [-0.1, -0.05) is 12.8 Å². The summed E-state index contributed by atoms with van der Waals surface area (Å²) in [6.07, 6.45) is -1.04. The Morgan fingerprint density at radius 1 is 1.26 bits per heavy atom. The van der Waals surface area contributed by atoms with Crippen molar-refractivity contribution >= 4 is 5.91 Å². The average molecular weight is 330 g/mol. The number of aromatic amines is 1. The maximum atomic E-state index is 12.6. The molecule has 1 N–H and O–H groups in total. The first kappa shape index (κ1) is 16.0. The highest BCUT2D eigenvalue weighted by Gasteiger charge is 2.38. The van der Waals surface area contributed by atoms with Crippen LogP contribution in [0.15, 0.2) is 16.9 Å². The van der Waals surface area contributed by atoms with Crippen LogP contribution in [0.2, 0.25) is 0 Å². The molecule has 23 heavy (non-hydrogen) atoms. The number of halogens is 3. The lowest BCUT2D eigenvalue weighted by Crippen LogP contribution is -2.55. The molecule has 0 bridgehead atoms. The quantitative estimate of drug-likeness (QED) is 0.858. The summed E-state index contributed by atoms with van der Waals surface area (Å²) < 4.78 is 43.4. The van der Waals surface area contributed by atoms with Crippen LogP contribution >= 0.6 is 0 Å². The maximum absolute atomic E-state index is 12.6. The van der Waals surface area contributed by atoms with Gasteiger partial charge in [0.15, 0.2) is 0 Å².